The number of carbonyl (C=O) groups excluding carboxylic acids is 3. The summed E-state index contributed by atoms with van der Waals surface area (Å²) in [4.78, 5) is 40.1. The monoisotopic (exact) mass is 423 g/mol. The molecule has 0 bridgehead atoms. The Morgan fingerprint density at radius 3 is 2.55 bits per heavy atom. The van der Waals surface area contributed by atoms with Crippen LogP contribution in [0.2, 0.25) is 0 Å². The van der Waals surface area contributed by atoms with Crippen molar-refractivity contribution in [3.63, 3.8) is 0 Å². The lowest BCUT2D eigenvalue weighted by atomic mass is 9.95. The summed E-state index contributed by atoms with van der Waals surface area (Å²) in [6, 6.07) is 9.56. The van der Waals surface area contributed by atoms with Gasteiger partial charge in [-0.2, -0.15) is 5.10 Å². The highest BCUT2D eigenvalue weighted by Gasteiger charge is 2.46. The van der Waals surface area contributed by atoms with E-state index in [0.717, 1.165) is 36.8 Å². The van der Waals surface area contributed by atoms with Gasteiger partial charge in [0.25, 0.3) is 11.8 Å². The molecular weight excluding hydrogens is 394 g/mol. The number of hydrogen-bond donors (Lipinski definition) is 2. The fraction of sp³-hybridized carbons (Fsp3) is 0.478. The van der Waals surface area contributed by atoms with E-state index in [1.54, 1.807) is 14.0 Å². The van der Waals surface area contributed by atoms with Gasteiger partial charge < -0.3 is 15.5 Å². The fourth-order valence-electron chi connectivity index (χ4n) is 4.23. The van der Waals surface area contributed by atoms with Gasteiger partial charge in [0.15, 0.2) is 5.69 Å². The molecule has 2 heterocycles. The van der Waals surface area contributed by atoms with Gasteiger partial charge in [-0.1, -0.05) is 42.7 Å². The number of amides is 3. The number of nitrogens with one attached hydrogen (secondary N) is 2. The molecule has 0 radical (unpaired) electrons. The molecular formula is C23H29N5O3. The van der Waals surface area contributed by atoms with Crippen molar-refractivity contribution in [2.75, 3.05) is 7.05 Å². The van der Waals surface area contributed by atoms with Crippen molar-refractivity contribution in [3.8, 4) is 0 Å². The smallest absolute Gasteiger partial charge is 0.272 e. The second-order valence-corrected chi connectivity index (χ2v) is 8.83. The van der Waals surface area contributed by atoms with Crippen LogP contribution < -0.4 is 10.6 Å². The molecule has 1 fully saturated rings. The summed E-state index contributed by atoms with van der Waals surface area (Å²) in [5, 5.41) is 10.3. The third kappa shape index (κ3) is 4.06. The van der Waals surface area contributed by atoms with E-state index < -0.39 is 5.54 Å². The van der Waals surface area contributed by atoms with Gasteiger partial charge in [0.2, 0.25) is 5.91 Å². The topological polar surface area (TPSA) is 96.3 Å². The van der Waals surface area contributed by atoms with Crippen molar-refractivity contribution < 1.29 is 14.4 Å². The van der Waals surface area contributed by atoms with E-state index in [1.165, 1.54) is 15.6 Å². The number of rotatable bonds is 5. The van der Waals surface area contributed by atoms with Gasteiger partial charge in [0.1, 0.15) is 11.2 Å². The molecule has 0 spiro atoms. The van der Waals surface area contributed by atoms with E-state index in [2.05, 4.69) is 15.7 Å². The SMILES string of the molecule is Cc1ccc(CNC(=O)c2cc3n(n2)C[C@@](C)(C(=O)NC2CCCC2)N(C)C3=O)cc1. The Hall–Kier alpha value is -3.16. The van der Waals surface area contributed by atoms with Gasteiger partial charge in [-0.05, 0) is 32.3 Å². The zero-order chi connectivity index (χ0) is 22.2. The molecule has 1 saturated carbocycles. The molecule has 31 heavy (non-hydrogen) atoms. The first kappa shape index (κ1) is 21.1. The van der Waals surface area contributed by atoms with Gasteiger partial charge in [0.05, 0.1) is 6.54 Å². The molecule has 164 valence electrons. The molecule has 1 aromatic carbocycles. The van der Waals surface area contributed by atoms with E-state index in [4.69, 9.17) is 0 Å². The van der Waals surface area contributed by atoms with Crippen molar-refractivity contribution >= 4 is 17.7 Å². The third-order valence-corrected chi connectivity index (χ3v) is 6.49. The number of nitrogens with zero attached hydrogens (tertiary/aromatic N) is 3. The van der Waals surface area contributed by atoms with Crippen molar-refractivity contribution in [1.82, 2.24) is 25.3 Å². The van der Waals surface area contributed by atoms with Crippen LogP contribution in [0.1, 0.15) is 64.7 Å². The number of aromatic nitrogens is 2. The lowest BCUT2D eigenvalue weighted by Gasteiger charge is -2.41. The normalized spacial score (nSPS) is 21.1. The van der Waals surface area contributed by atoms with E-state index in [1.807, 2.05) is 31.2 Å². The molecule has 2 aromatic rings. The quantitative estimate of drug-likeness (QED) is 0.769. The van der Waals surface area contributed by atoms with Crippen LogP contribution in [0.25, 0.3) is 0 Å². The van der Waals surface area contributed by atoms with Crippen molar-refractivity contribution in [3.05, 3.63) is 52.8 Å². The second kappa shape index (κ2) is 8.17. The number of likely N-dealkylation sites (N-methyl/N-ethyl adjacent to an activating group) is 1. The summed E-state index contributed by atoms with van der Waals surface area (Å²) >= 11 is 0. The Labute approximate surface area is 182 Å². The van der Waals surface area contributed by atoms with Gasteiger partial charge in [-0.15, -0.1) is 0 Å². The Bertz CT molecular complexity index is 1010. The van der Waals surface area contributed by atoms with E-state index >= 15 is 0 Å². The molecule has 1 atom stereocenters. The van der Waals surface area contributed by atoms with Crippen molar-refractivity contribution in [1.29, 1.82) is 0 Å². The standard InChI is InChI=1S/C23H29N5O3/c1-15-8-10-16(11-9-15)13-24-20(29)18-12-19-21(30)27(3)23(2,14-28(19)26-18)22(31)25-17-6-4-5-7-17/h8-12,17H,4-7,13-14H2,1-3H3,(H,24,29)(H,25,31)/t23-/m0/s1. The Kier molecular flexibility index (Phi) is 5.56. The second-order valence-electron chi connectivity index (χ2n) is 8.83. The molecule has 0 unspecified atom stereocenters. The Balaban J connectivity index is 1.48. The maximum Gasteiger partial charge on any atom is 0.272 e. The molecule has 1 aromatic heterocycles. The van der Waals surface area contributed by atoms with Crippen LogP contribution >= 0.6 is 0 Å². The van der Waals surface area contributed by atoms with Crippen LogP contribution in [-0.4, -0.2) is 51.0 Å². The number of benzene rings is 1. The molecule has 1 aliphatic carbocycles. The molecule has 0 saturated heterocycles. The fourth-order valence-corrected chi connectivity index (χ4v) is 4.23. The van der Waals surface area contributed by atoms with Gasteiger partial charge >= 0.3 is 0 Å². The highest BCUT2D eigenvalue weighted by atomic mass is 16.2. The minimum absolute atomic E-state index is 0.162. The summed E-state index contributed by atoms with van der Waals surface area (Å²) in [7, 11) is 1.63. The first-order valence-electron chi connectivity index (χ1n) is 10.8. The van der Waals surface area contributed by atoms with Crippen LogP contribution in [0.15, 0.2) is 30.3 Å². The van der Waals surface area contributed by atoms with Gasteiger partial charge in [0, 0.05) is 25.7 Å². The first-order valence-corrected chi connectivity index (χ1v) is 10.8. The summed E-state index contributed by atoms with van der Waals surface area (Å²) in [6.45, 7) is 4.33. The van der Waals surface area contributed by atoms with Gasteiger partial charge in [-0.3, -0.25) is 19.1 Å². The molecule has 2 aliphatic rings. The van der Waals surface area contributed by atoms with E-state index in [9.17, 15) is 14.4 Å². The van der Waals surface area contributed by atoms with E-state index in [-0.39, 0.29) is 36.0 Å². The first-order chi connectivity index (χ1) is 14.8. The van der Waals surface area contributed by atoms with Crippen LogP contribution in [0.5, 0.6) is 0 Å². The number of aryl methyl sites for hydroxylation is 1. The number of carbonyl (C=O) groups is 3. The lowest BCUT2D eigenvalue weighted by Crippen LogP contribution is -2.63. The van der Waals surface area contributed by atoms with Crippen molar-refractivity contribution in [2.45, 2.75) is 64.2 Å². The van der Waals surface area contributed by atoms with Gasteiger partial charge in [-0.25, -0.2) is 0 Å². The average molecular weight is 424 g/mol. The molecule has 2 N–H and O–H groups in total. The summed E-state index contributed by atoms with van der Waals surface area (Å²) < 4.78 is 1.48. The minimum atomic E-state index is -1.06. The maximum atomic E-state index is 13.0. The van der Waals surface area contributed by atoms with Crippen LogP contribution in [0.4, 0.5) is 0 Å². The Morgan fingerprint density at radius 1 is 1.19 bits per heavy atom. The highest BCUT2D eigenvalue weighted by molar-refractivity contribution is 6.01. The number of hydrogen-bond acceptors (Lipinski definition) is 4. The molecule has 1 aliphatic heterocycles. The molecule has 8 heteroatoms. The van der Waals surface area contributed by atoms with E-state index in [0.29, 0.717) is 12.2 Å². The molecule has 4 rings (SSSR count). The zero-order valence-electron chi connectivity index (χ0n) is 18.3. The number of fused-ring (bicyclic) bond motifs is 1. The predicted octanol–water partition coefficient (Wildman–Crippen LogP) is 2.02. The Morgan fingerprint density at radius 2 is 1.87 bits per heavy atom. The van der Waals surface area contributed by atoms with Crippen LogP contribution in [0.3, 0.4) is 0 Å². The largest absolute Gasteiger partial charge is 0.351 e. The molecule has 3 amide bonds. The minimum Gasteiger partial charge on any atom is -0.351 e. The zero-order valence-corrected chi connectivity index (χ0v) is 18.3. The van der Waals surface area contributed by atoms with Crippen LogP contribution in [0, 0.1) is 6.92 Å². The summed E-state index contributed by atoms with van der Waals surface area (Å²) in [6.07, 6.45) is 4.16. The highest BCUT2D eigenvalue weighted by Crippen LogP contribution is 2.27. The predicted molar refractivity (Wildman–Crippen MR) is 115 cm³/mol. The average Bonchev–Trinajstić information content (AvgIpc) is 3.41. The molecule has 8 nitrogen and oxygen atoms in total. The summed E-state index contributed by atoms with van der Waals surface area (Å²) in [5.74, 6) is -0.850. The summed E-state index contributed by atoms with van der Waals surface area (Å²) in [5.41, 5.74) is 1.56. The maximum absolute atomic E-state index is 13.0. The lowest BCUT2D eigenvalue weighted by molar-refractivity contribution is -0.133. The third-order valence-electron chi connectivity index (χ3n) is 6.49. The van der Waals surface area contributed by atoms with Crippen LogP contribution in [-0.2, 0) is 17.9 Å². The van der Waals surface area contributed by atoms with Crippen molar-refractivity contribution in [2.24, 2.45) is 0 Å².